The number of alkyl halides is 2. The summed E-state index contributed by atoms with van der Waals surface area (Å²) >= 11 is 0. The monoisotopic (exact) mass is 576 g/mol. The van der Waals surface area contributed by atoms with E-state index in [4.69, 9.17) is 9.47 Å². The molecular weight excluding hydrogens is 546 g/mol. The van der Waals surface area contributed by atoms with E-state index >= 15 is 0 Å². The summed E-state index contributed by atoms with van der Waals surface area (Å²) in [5, 5.41) is 0.555. The Balaban J connectivity index is 1.43. The Morgan fingerprint density at radius 2 is 1.26 bits per heavy atom. The van der Waals surface area contributed by atoms with Gasteiger partial charge in [-0.25, -0.2) is 0 Å². The molecule has 0 saturated carbocycles. The lowest BCUT2D eigenvalue weighted by atomic mass is 9.80. The fourth-order valence-electron chi connectivity index (χ4n) is 5.69. The van der Waals surface area contributed by atoms with Crippen molar-refractivity contribution in [3.8, 4) is 5.75 Å². The van der Waals surface area contributed by atoms with E-state index in [1.807, 2.05) is 109 Å². The average Bonchev–Trinajstić information content (AvgIpc) is 3.28. The first-order chi connectivity index (χ1) is 21.0. The molecule has 0 amide bonds. The summed E-state index contributed by atoms with van der Waals surface area (Å²) in [6, 6.07) is 42.4. The van der Waals surface area contributed by atoms with Crippen molar-refractivity contribution < 1.29 is 18.3 Å². The van der Waals surface area contributed by atoms with Gasteiger partial charge in [-0.05, 0) is 46.5 Å². The van der Waals surface area contributed by atoms with E-state index < -0.39 is 12.2 Å². The molecule has 0 atom stereocenters. The van der Waals surface area contributed by atoms with Crippen LogP contribution in [0.3, 0.4) is 0 Å². The fraction of sp³-hybridized carbons (Fsp3) is 0.139. The molecule has 0 spiro atoms. The van der Waals surface area contributed by atoms with Gasteiger partial charge in [0.25, 0.3) is 5.56 Å². The van der Waals surface area contributed by atoms with Crippen molar-refractivity contribution in [1.29, 1.82) is 0 Å². The molecule has 6 aromatic rings. The Morgan fingerprint density at radius 1 is 0.721 bits per heavy atom. The Labute approximate surface area is 248 Å². The lowest BCUT2D eigenvalue weighted by molar-refractivity contribution is -0.0505. The molecule has 6 rings (SSSR count). The van der Waals surface area contributed by atoms with E-state index in [2.05, 4.69) is 0 Å². The van der Waals surface area contributed by atoms with Gasteiger partial charge in [0.1, 0.15) is 11.4 Å². The normalized spacial score (nSPS) is 11.7. The zero-order valence-corrected chi connectivity index (χ0v) is 23.6. The summed E-state index contributed by atoms with van der Waals surface area (Å²) in [6.45, 7) is -2.67. The molecule has 1 heterocycles. The van der Waals surface area contributed by atoms with Gasteiger partial charge in [0.15, 0.2) is 0 Å². The number of rotatable bonds is 10. The number of hydrogen-bond acceptors (Lipinski definition) is 3. The van der Waals surface area contributed by atoms with Gasteiger partial charge >= 0.3 is 6.61 Å². The molecular formula is C36H30F2N2O3. The highest BCUT2D eigenvalue weighted by molar-refractivity contribution is 5.78. The average molecular weight is 577 g/mol. The highest BCUT2D eigenvalue weighted by Gasteiger charge is 2.37. The molecule has 0 N–H and O–H groups in total. The molecule has 0 radical (unpaired) electrons. The summed E-state index contributed by atoms with van der Waals surface area (Å²) in [5.41, 5.74) is 3.74. The van der Waals surface area contributed by atoms with Crippen LogP contribution in [0.2, 0.25) is 0 Å². The van der Waals surface area contributed by atoms with E-state index in [1.165, 1.54) is 4.68 Å². The second-order valence-electron chi connectivity index (χ2n) is 10.3. The third-order valence-corrected chi connectivity index (χ3v) is 7.73. The quantitative estimate of drug-likeness (QED) is 0.159. The third-order valence-electron chi connectivity index (χ3n) is 7.73. The van der Waals surface area contributed by atoms with Crippen LogP contribution in [0, 0.1) is 0 Å². The van der Waals surface area contributed by atoms with Gasteiger partial charge in [0, 0.05) is 12.6 Å². The standard InChI is InChI=1S/C36H30F2N2O3/c1-39-34(41)31-19-11-12-20-32(31)40(39)24-27-23-26(21-22-33(27)43-35(37)38)25-42-36(28-13-5-2-6-14-28,29-15-7-3-8-16-29)30-17-9-4-10-18-30/h2-23,35H,24-25H2,1H3. The van der Waals surface area contributed by atoms with Crippen molar-refractivity contribution in [2.24, 2.45) is 7.05 Å². The van der Waals surface area contributed by atoms with Crippen LogP contribution in [0.25, 0.3) is 10.9 Å². The van der Waals surface area contributed by atoms with Crippen molar-refractivity contribution in [3.05, 3.63) is 172 Å². The molecule has 5 aromatic carbocycles. The summed E-state index contributed by atoms with van der Waals surface area (Å²) < 4.78 is 42.0. The van der Waals surface area contributed by atoms with Crippen LogP contribution in [0.15, 0.2) is 138 Å². The van der Waals surface area contributed by atoms with Crippen LogP contribution in [-0.2, 0) is 30.5 Å². The molecule has 7 heteroatoms. The predicted octanol–water partition coefficient (Wildman–Crippen LogP) is 7.50. The van der Waals surface area contributed by atoms with E-state index in [-0.39, 0.29) is 24.5 Å². The fourth-order valence-corrected chi connectivity index (χ4v) is 5.69. The van der Waals surface area contributed by atoms with E-state index in [0.29, 0.717) is 16.5 Å². The Morgan fingerprint density at radius 3 is 1.81 bits per heavy atom. The van der Waals surface area contributed by atoms with Crippen molar-refractivity contribution in [1.82, 2.24) is 9.36 Å². The minimum absolute atomic E-state index is 0.0458. The van der Waals surface area contributed by atoms with Crippen LogP contribution < -0.4 is 10.3 Å². The predicted molar refractivity (Wildman–Crippen MR) is 163 cm³/mol. The second-order valence-corrected chi connectivity index (χ2v) is 10.3. The maximum atomic E-state index is 13.4. The van der Waals surface area contributed by atoms with Gasteiger partial charge < -0.3 is 9.47 Å². The molecule has 0 unspecified atom stereocenters. The first-order valence-electron chi connectivity index (χ1n) is 14.0. The largest absolute Gasteiger partial charge is 0.434 e. The Hall–Kier alpha value is -5.01. The molecule has 0 fully saturated rings. The highest BCUT2D eigenvalue weighted by atomic mass is 19.3. The summed E-state index contributed by atoms with van der Waals surface area (Å²) in [7, 11) is 1.66. The summed E-state index contributed by atoms with van der Waals surface area (Å²) in [6.07, 6.45) is 0. The van der Waals surface area contributed by atoms with Crippen molar-refractivity contribution in [3.63, 3.8) is 0 Å². The van der Waals surface area contributed by atoms with Gasteiger partial charge in [-0.2, -0.15) is 8.78 Å². The molecule has 0 aliphatic carbocycles. The number of fused-ring (bicyclic) bond motifs is 1. The molecule has 43 heavy (non-hydrogen) atoms. The Bertz CT molecular complexity index is 1790. The zero-order valence-electron chi connectivity index (χ0n) is 23.6. The van der Waals surface area contributed by atoms with Crippen molar-refractivity contribution in [2.75, 3.05) is 0 Å². The third kappa shape index (κ3) is 5.47. The van der Waals surface area contributed by atoms with Gasteiger partial charge in [0.05, 0.1) is 24.1 Å². The van der Waals surface area contributed by atoms with Gasteiger partial charge in [-0.15, -0.1) is 0 Å². The number of ether oxygens (including phenoxy) is 2. The van der Waals surface area contributed by atoms with E-state index in [0.717, 1.165) is 22.3 Å². The van der Waals surface area contributed by atoms with Crippen LogP contribution in [0.4, 0.5) is 8.78 Å². The van der Waals surface area contributed by atoms with E-state index in [9.17, 15) is 13.6 Å². The second kappa shape index (κ2) is 12.1. The maximum Gasteiger partial charge on any atom is 0.387 e. The number of nitrogens with zero attached hydrogens (tertiary/aromatic N) is 2. The first-order valence-corrected chi connectivity index (χ1v) is 14.0. The van der Waals surface area contributed by atoms with Crippen LogP contribution >= 0.6 is 0 Å². The molecule has 1 aromatic heterocycles. The van der Waals surface area contributed by atoms with Gasteiger partial charge in [0.2, 0.25) is 0 Å². The lowest BCUT2D eigenvalue weighted by Crippen LogP contribution is -2.32. The summed E-state index contributed by atoms with van der Waals surface area (Å²) in [5.74, 6) is 0.0458. The molecule has 5 nitrogen and oxygen atoms in total. The highest BCUT2D eigenvalue weighted by Crippen LogP contribution is 2.41. The minimum Gasteiger partial charge on any atom is -0.434 e. The van der Waals surface area contributed by atoms with Gasteiger partial charge in [-0.3, -0.25) is 14.2 Å². The van der Waals surface area contributed by atoms with Crippen LogP contribution in [0.1, 0.15) is 27.8 Å². The lowest BCUT2D eigenvalue weighted by Gasteiger charge is -2.36. The minimum atomic E-state index is -2.99. The van der Waals surface area contributed by atoms with Crippen LogP contribution in [0.5, 0.6) is 5.75 Å². The molecule has 0 aliphatic rings. The van der Waals surface area contributed by atoms with Crippen molar-refractivity contribution in [2.45, 2.75) is 25.4 Å². The number of para-hydroxylation sites is 1. The van der Waals surface area contributed by atoms with Gasteiger partial charge in [-0.1, -0.05) is 109 Å². The topological polar surface area (TPSA) is 45.4 Å². The Kier molecular flexibility index (Phi) is 7.90. The molecule has 0 bridgehead atoms. The van der Waals surface area contributed by atoms with Crippen LogP contribution in [-0.4, -0.2) is 16.0 Å². The molecule has 0 aliphatic heterocycles. The van der Waals surface area contributed by atoms with E-state index in [1.54, 1.807) is 36.0 Å². The smallest absolute Gasteiger partial charge is 0.387 e. The van der Waals surface area contributed by atoms with Crippen molar-refractivity contribution >= 4 is 10.9 Å². The first kappa shape index (κ1) is 28.1. The number of hydrogen-bond donors (Lipinski definition) is 0. The number of benzene rings is 5. The molecule has 216 valence electrons. The zero-order chi connectivity index (χ0) is 29.8. The maximum absolute atomic E-state index is 13.4. The SMILES string of the molecule is Cn1c(=O)c2ccccc2n1Cc1cc(COC(c2ccccc2)(c2ccccc2)c2ccccc2)ccc1OC(F)F. The number of aromatic nitrogens is 2. The molecule has 0 saturated heterocycles. The number of halogens is 2. The summed E-state index contributed by atoms with van der Waals surface area (Å²) in [4.78, 5) is 12.9.